The molecule has 0 aliphatic rings. The maximum Gasteiger partial charge on any atom is 0.408 e. The summed E-state index contributed by atoms with van der Waals surface area (Å²) in [5.74, 6) is -0.423. The van der Waals surface area contributed by atoms with Crippen molar-refractivity contribution >= 4 is 66.7 Å². The average molecular weight is 674 g/mol. The lowest BCUT2D eigenvalue weighted by Crippen LogP contribution is -2.55. The number of thiophene rings is 1. The SMILES string of the molecule is CC(C)(C)OC(=O)N[C@@H](Cc1cccc2ccccc12)C(=O)NC(Cc1cccc2ccccc12)C(=O)NCc1cc2c(N)nccc2s1. The van der Waals surface area contributed by atoms with Crippen LogP contribution in [0.2, 0.25) is 0 Å². The van der Waals surface area contributed by atoms with Gasteiger partial charge in [0, 0.05) is 34.0 Å². The van der Waals surface area contributed by atoms with Crippen molar-refractivity contribution in [1.29, 1.82) is 0 Å². The van der Waals surface area contributed by atoms with Gasteiger partial charge in [-0.3, -0.25) is 9.59 Å². The number of amides is 3. The standard InChI is InChI=1S/C39H39N5O4S/c1-39(2,3)48-38(47)44-33(21-27-15-9-13-25-11-5-7-17-30(25)27)37(46)43-32(20-26-14-8-12-24-10-4-6-16-29(24)26)36(45)42-23-28-22-31-34(49-28)18-19-41-35(31)40/h4-19,22,32-33H,20-21,23H2,1-3H3,(H2,40,41)(H,42,45)(H,43,46)(H,44,47)/t32?,33-/m0/s1. The maximum atomic E-state index is 14.2. The van der Waals surface area contributed by atoms with E-state index in [4.69, 9.17) is 10.5 Å². The van der Waals surface area contributed by atoms with E-state index in [1.807, 2.05) is 97.1 Å². The number of carbonyl (C=O) groups excluding carboxylic acids is 3. The van der Waals surface area contributed by atoms with Gasteiger partial charge in [-0.2, -0.15) is 0 Å². The van der Waals surface area contributed by atoms with Crippen LogP contribution >= 0.6 is 11.3 Å². The maximum absolute atomic E-state index is 14.2. The van der Waals surface area contributed by atoms with E-state index >= 15 is 0 Å². The molecule has 0 radical (unpaired) electrons. The molecule has 9 nitrogen and oxygen atoms in total. The van der Waals surface area contributed by atoms with Gasteiger partial charge in [0.25, 0.3) is 0 Å². The van der Waals surface area contributed by atoms with Gasteiger partial charge < -0.3 is 26.4 Å². The number of ether oxygens (including phenoxy) is 1. The van der Waals surface area contributed by atoms with Crippen LogP contribution in [0.1, 0.15) is 36.8 Å². The first-order valence-corrected chi connectivity index (χ1v) is 17.0. The topological polar surface area (TPSA) is 135 Å². The van der Waals surface area contributed by atoms with E-state index in [0.717, 1.165) is 47.6 Å². The van der Waals surface area contributed by atoms with Crippen LogP contribution in [0.5, 0.6) is 0 Å². The lowest BCUT2D eigenvalue weighted by molar-refractivity contribution is -0.130. The van der Waals surface area contributed by atoms with Crippen molar-refractivity contribution in [1.82, 2.24) is 20.9 Å². The van der Waals surface area contributed by atoms with E-state index in [0.29, 0.717) is 5.82 Å². The van der Waals surface area contributed by atoms with Gasteiger partial charge in [0.15, 0.2) is 0 Å². The Bertz CT molecular complexity index is 2140. The summed E-state index contributed by atoms with van der Waals surface area (Å²) in [5.41, 5.74) is 7.08. The monoisotopic (exact) mass is 673 g/mol. The third-order valence-corrected chi connectivity index (χ3v) is 9.31. The molecule has 5 N–H and O–H groups in total. The molecule has 0 aliphatic carbocycles. The molecule has 0 bridgehead atoms. The number of rotatable bonds is 10. The number of hydrogen-bond donors (Lipinski definition) is 4. The van der Waals surface area contributed by atoms with Gasteiger partial charge in [-0.25, -0.2) is 9.78 Å². The van der Waals surface area contributed by atoms with Gasteiger partial charge in [-0.1, -0.05) is 84.9 Å². The van der Waals surface area contributed by atoms with Gasteiger partial charge in [0.05, 0.1) is 6.54 Å². The fourth-order valence-electron chi connectivity index (χ4n) is 5.94. The van der Waals surface area contributed by atoms with Gasteiger partial charge in [-0.05, 0) is 65.6 Å². The van der Waals surface area contributed by atoms with Crippen molar-refractivity contribution in [3.05, 3.63) is 119 Å². The molecule has 3 amide bonds. The van der Waals surface area contributed by atoms with Crippen LogP contribution in [0.15, 0.2) is 103 Å². The van der Waals surface area contributed by atoms with Gasteiger partial charge in [-0.15, -0.1) is 11.3 Å². The largest absolute Gasteiger partial charge is 0.444 e. The zero-order chi connectivity index (χ0) is 34.5. The predicted octanol–water partition coefficient (Wildman–Crippen LogP) is 6.66. The first kappa shape index (κ1) is 33.4. The fraction of sp³-hybridized carbons (Fsp3) is 0.231. The molecule has 0 saturated carbocycles. The summed E-state index contributed by atoms with van der Waals surface area (Å²) >= 11 is 1.52. The summed E-state index contributed by atoms with van der Waals surface area (Å²) in [6.45, 7) is 5.53. The second kappa shape index (κ2) is 14.3. The lowest BCUT2D eigenvalue weighted by Gasteiger charge is -2.26. The Kier molecular flexibility index (Phi) is 9.77. The number of anilines is 1. The quantitative estimate of drug-likeness (QED) is 0.128. The molecule has 250 valence electrons. The number of hydrogen-bond acceptors (Lipinski definition) is 7. The molecule has 10 heteroatoms. The first-order chi connectivity index (χ1) is 23.5. The Balaban J connectivity index is 1.29. The van der Waals surface area contributed by atoms with E-state index in [2.05, 4.69) is 20.9 Å². The molecule has 4 aromatic carbocycles. The van der Waals surface area contributed by atoms with Crippen LogP contribution in [0, 0.1) is 0 Å². The van der Waals surface area contributed by atoms with Gasteiger partial charge >= 0.3 is 6.09 Å². The zero-order valence-electron chi connectivity index (χ0n) is 27.7. The Hall–Kier alpha value is -5.48. The molecule has 0 aliphatic heterocycles. The Morgan fingerprint density at radius 3 is 1.92 bits per heavy atom. The van der Waals surface area contributed by atoms with E-state index in [-0.39, 0.29) is 25.3 Å². The number of nitrogens with two attached hydrogens (primary N) is 1. The smallest absolute Gasteiger partial charge is 0.408 e. The van der Waals surface area contributed by atoms with Crippen molar-refractivity contribution in [2.45, 2.75) is 57.8 Å². The van der Waals surface area contributed by atoms with Crippen LogP contribution in [0.4, 0.5) is 10.6 Å². The first-order valence-electron chi connectivity index (χ1n) is 16.2. The predicted molar refractivity (Wildman–Crippen MR) is 196 cm³/mol. The van der Waals surface area contributed by atoms with Crippen molar-refractivity contribution in [2.24, 2.45) is 0 Å². The van der Waals surface area contributed by atoms with Crippen molar-refractivity contribution in [3.63, 3.8) is 0 Å². The van der Waals surface area contributed by atoms with E-state index in [1.54, 1.807) is 27.0 Å². The second-order valence-corrected chi connectivity index (χ2v) is 14.2. The highest BCUT2D eigenvalue weighted by Gasteiger charge is 2.30. The minimum atomic E-state index is -1.03. The van der Waals surface area contributed by atoms with Gasteiger partial charge in [0.1, 0.15) is 23.5 Å². The summed E-state index contributed by atoms with van der Waals surface area (Å²) in [5, 5.41) is 13.6. The number of carbonyl (C=O) groups is 3. The Morgan fingerprint density at radius 2 is 1.33 bits per heavy atom. The summed E-state index contributed by atoms with van der Waals surface area (Å²) in [6.07, 6.45) is 1.36. The molecule has 0 spiro atoms. The van der Waals surface area contributed by atoms with E-state index < -0.39 is 29.7 Å². The molecule has 6 aromatic rings. The number of alkyl carbamates (subject to hydrolysis) is 1. The van der Waals surface area contributed by atoms with Crippen molar-refractivity contribution in [3.8, 4) is 0 Å². The number of nitrogens with zero attached hydrogens (tertiary/aromatic N) is 1. The number of pyridine rings is 1. The molecule has 2 atom stereocenters. The summed E-state index contributed by atoms with van der Waals surface area (Å²) < 4.78 is 6.51. The highest BCUT2D eigenvalue weighted by Crippen LogP contribution is 2.28. The normalized spacial score (nSPS) is 12.8. The number of nitrogens with one attached hydrogen (secondary N) is 3. The average Bonchev–Trinajstić information content (AvgIpc) is 3.50. The molecule has 2 heterocycles. The fourth-order valence-corrected chi connectivity index (χ4v) is 6.95. The Morgan fingerprint density at radius 1 is 0.755 bits per heavy atom. The van der Waals surface area contributed by atoms with Crippen LogP contribution in [-0.2, 0) is 33.7 Å². The lowest BCUT2D eigenvalue weighted by atomic mass is 9.96. The third-order valence-electron chi connectivity index (χ3n) is 8.21. The number of nitrogen functional groups attached to an aromatic ring is 1. The molecule has 49 heavy (non-hydrogen) atoms. The Labute approximate surface area is 288 Å². The highest BCUT2D eigenvalue weighted by molar-refractivity contribution is 7.19. The van der Waals surface area contributed by atoms with Crippen molar-refractivity contribution < 1.29 is 19.1 Å². The summed E-state index contributed by atoms with van der Waals surface area (Å²) in [6, 6.07) is 29.4. The zero-order valence-corrected chi connectivity index (χ0v) is 28.5. The van der Waals surface area contributed by atoms with Gasteiger partial charge in [0.2, 0.25) is 11.8 Å². The van der Waals surface area contributed by atoms with Crippen molar-refractivity contribution in [2.75, 3.05) is 5.73 Å². The van der Waals surface area contributed by atoms with Crippen LogP contribution in [0.3, 0.4) is 0 Å². The molecule has 6 rings (SSSR count). The summed E-state index contributed by atoms with van der Waals surface area (Å²) in [7, 11) is 0. The molecule has 1 unspecified atom stereocenters. The minimum Gasteiger partial charge on any atom is -0.444 e. The molecule has 0 saturated heterocycles. The summed E-state index contributed by atoms with van der Waals surface area (Å²) in [4.78, 5) is 46.3. The molecular weight excluding hydrogens is 635 g/mol. The highest BCUT2D eigenvalue weighted by atomic mass is 32.1. The second-order valence-electron chi connectivity index (χ2n) is 13.0. The molecular formula is C39H39N5O4S. The van der Waals surface area contributed by atoms with Crippen LogP contribution in [0.25, 0.3) is 31.6 Å². The molecule has 2 aromatic heterocycles. The molecule has 0 fully saturated rings. The van der Waals surface area contributed by atoms with Crippen LogP contribution < -0.4 is 21.7 Å². The number of aromatic nitrogens is 1. The number of fused-ring (bicyclic) bond motifs is 3. The number of benzene rings is 4. The van der Waals surface area contributed by atoms with Crippen LogP contribution in [-0.4, -0.2) is 40.6 Å². The third kappa shape index (κ3) is 8.16. The van der Waals surface area contributed by atoms with E-state index in [1.165, 1.54) is 11.3 Å². The minimum absolute atomic E-state index is 0.187. The van der Waals surface area contributed by atoms with E-state index in [9.17, 15) is 14.4 Å².